The molecule has 0 spiro atoms. The van der Waals surface area contributed by atoms with Gasteiger partial charge in [0.15, 0.2) is 0 Å². The fourth-order valence-corrected chi connectivity index (χ4v) is 1.67. The second-order valence-electron chi connectivity index (χ2n) is 3.55. The molecule has 68 valence electrons. The first-order chi connectivity index (χ1) is 5.83. The highest BCUT2D eigenvalue weighted by Crippen LogP contribution is 2.24. The predicted octanol–water partition coefficient (Wildman–Crippen LogP) is 2.99. The molecule has 1 saturated carbocycles. The van der Waals surface area contributed by atoms with E-state index < -0.39 is 0 Å². The van der Waals surface area contributed by atoms with Gasteiger partial charge in [-0.3, -0.25) is 0 Å². The van der Waals surface area contributed by atoms with Crippen LogP contribution in [0.2, 0.25) is 0 Å². The Morgan fingerprint density at radius 3 is 2.50 bits per heavy atom. The summed E-state index contributed by atoms with van der Waals surface area (Å²) >= 11 is 0. The van der Waals surface area contributed by atoms with Crippen LogP contribution in [0.1, 0.15) is 39.0 Å². The maximum atomic E-state index is 5.66. The molecular formula is C11H19N. The van der Waals surface area contributed by atoms with Gasteiger partial charge >= 0.3 is 0 Å². The Bertz CT molecular complexity index is 173. The summed E-state index contributed by atoms with van der Waals surface area (Å²) in [5, 5.41) is 0. The Balaban J connectivity index is 2.33. The maximum Gasteiger partial charge on any atom is 0.0267 e. The summed E-state index contributed by atoms with van der Waals surface area (Å²) in [7, 11) is 0. The van der Waals surface area contributed by atoms with Gasteiger partial charge in [0.2, 0.25) is 0 Å². The number of nitrogens with two attached hydrogens (primary N) is 1. The molecule has 0 saturated heterocycles. The largest absolute Gasteiger partial charge is 0.399 e. The van der Waals surface area contributed by atoms with Gasteiger partial charge in [0.1, 0.15) is 0 Å². The highest BCUT2D eigenvalue weighted by Gasteiger charge is 2.09. The Hall–Kier alpha value is -0.720. The molecule has 12 heavy (non-hydrogen) atoms. The Morgan fingerprint density at radius 1 is 1.25 bits per heavy atom. The maximum absolute atomic E-state index is 5.66. The molecule has 0 aromatic rings. The van der Waals surface area contributed by atoms with Gasteiger partial charge in [-0.2, -0.15) is 0 Å². The van der Waals surface area contributed by atoms with Gasteiger partial charge in [0.05, 0.1) is 0 Å². The summed E-state index contributed by atoms with van der Waals surface area (Å²) in [4.78, 5) is 0. The molecule has 0 heterocycles. The van der Waals surface area contributed by atoms with Crippen LogP contribution in [0.3, 0.4) is 0 Å². The third kappa shape index (κ3) is 3.12. The van der Waals surface area contributed by atoms with E-state index in [4.69, 9.17) is 5.73 Å². The summed E-state index contributed by atoms with van der Waals surface area (Å²) in [6.45, 7) is 1.97. The highest BCUT2D eigenvalue weighted by molar-refractivity contribution is 5.14. The summed E-state index contributed by atoms with van der Waals surface area (Å²) in [6.07, 6.45) is 13.2. The van der Waals surface area contributed by atoms with Gasteiger partial charge in [0, 0.05) is 5.70 Å². The summed E-state index contributed by atoms with van der Waals surface area (Å²) in [5.41, 5.74) is 6.55. The lowest BCUT2D eigenvalue weighted by atomic mass is 9.89. The van der Waals surface area contributed by atoms with Crippen molar-refractivity contribution in [2.24, 2.45) is 11.7 Å². The fraction of sp³-hybridized carbons (Fsp3) is 0.636. The van der Waals surface area contributed by atoms with Gasteiger partial charge < -0.3 is 5.73 Å². The van der Waals surface area contributed by atoms with E-state index >= 15 is 0 Å². The second-order valence-corrected chi connectivity index (χ2v) is 3.55. The first kappa shape index (κ1) is 9.37. The smallest absolute Gasteiger partial charge is 0.0267 e. The lowest BCUT2D eigenvalue weighted by Crippen LogP contribution is -2.03. The van der Waals surface area contributed by atoms with Crippen LogP contribution in [0.15, 0.2) is 23.9 Å². The molecule has 1 aliphatic rings. The van der Waals surface area contributed by atoms with Crippen LogP contribution in [0, 0.1) is 5.92 Å². The standard InChI is InChI=1S/C11H19N/c1-2-11(12)9-8-10-6-4-3-5-7-10/h2,8-10H,3-7,12H2,1H3/b9-8-,11-2+. The molecule has 0 radical (unpaired) electrons. The minimum Gasteiger partial charge on any atom is -0.399 e. The van der Waals surface area contributed by atoms with Crippen LogP contribution >= 0.6 is 0 Å². The highest BCUT2D eigenvalue weighted by atomic mass is 14.5. The van der Waals surface area contributed by atoms with Crippen LogP contribution in [0.25, 0.3) is 0 Å². The summed E-state index contributed by atoms with van der Waals surface area (Å²) in [5.74, 6) is 0.789. The van der Waals surface area contributed by atoms with Crippen molar-refractivity contribution in [3.05, 3.63) is 23.9 Å². The number of hydrogen-bond acceptors (Lipinski definition) is 1. The quantitative estimate of drug-likeness (QED) is 0.625. The first-order valence-electron chi connectivity index (χ1n) is 4.93. The lowest BCUT2D eigenvalue weighted by Gasteiger charge is -2.17. The van der Waals surface area contributed by atoms with Crippen molar-refractivity contribution < 1.29 is 0 Å². The van der Waals surface area contributed by atoms with Gasteiger partial charge in [0.25, 0.3) is 0 Å². The van der Waals surface area contributed by atoms with Gasteiger partial charge in [-0.15, -0.1) is 0 Å². The molecule has 0 aromatic carbocycles. The van der Waals surface area contributed by atoms with E-state index in [1.807, 2.05) is 13.0 Å². The zero-order chi connectivity index (χ0) is 8.81. The van der Waals surface area contributed by atoms with Crippen molar-refractivity contribution in [1.82, 2.24) is 0 Å². The van der Waals surface area contributed by atoms with Crippen LogP contribution in [0.4, 0.5) is 0 Å². The SMILES string of the molecule is C/C=C(N)\C=C/C1CCCCC1. The predicted molar refractivity (Wildman–Crippen MR) is 53.7 cm³/mol. The molecule has 0 aliphatic heterocycles. The van der Waals surface area contributed by atoms with E-state index in [2.05, 4.69) is 12.2 Å². The minimum atomic E-state index is 0.789. The molecule has 0 bridgehead atoms. The molecule has 0 amide bonds. The van der Waals surface area contributed by atoms with E-state index in [0.29, 0.717) is 0 Å². The molecule has 2 N–H and O–H groups in total. The van der Waals surface area contributed by atoms with E-state index in [-0.39, 0.29) is 0 Å². The third-order valence-corrected chi connectivity index (χ3v) is 2.54. The normalized spacial score (nSPS) is 21.9. The van der Waals surface area contributed by atoms with Crippen molar-refractivity contribution in [1.29, 1.82) is 0 Å². The lowest BCUT2D eigenvalue weighted by molar-refractivity contribution is 0.419. The van der Waals surface area contributed by atoms with Gasteiger partial charge in [-0.1, -0.05) is 31.4 Å². The topological polar surface area (TPSA) is 26.0 Å². The molecule has 1 fully saturated rings. The first-order valence-corrected chi connectivity index (χ1v) is 4.93. The molecule has 0 unspecified atom stereocenters. The zero-order valence-corrected chi connectivity index (χ0v) is 7.92. The monoisotopic (exact) mass is 165 g/mol. The number of rotatable bonds is 2. The van der Waals surface area contributed by atoms with Crippen LogP contribution < -0.4 is 5.73 Å². The Morgan fingerprint density at radius 2 is 1.92 bits per heavy atom. The zero-order valence-electron chi connectivity index (χ0n) is 7.92. The van der Waals surface area contributed by atoms with Crippen molar-refractivity contribution in [2.75, 3.05) is 0 Å². The van der Waals surface area contributed by atoms with Crippen LogP contribution in [0.5, 0.6) is 0 Å². The fourth-order valence-electron chi connectivity index (χ4n) is 1.67. The molecule has 0 atom stereocenters. The average Bonchev–Trinajstić information content (AvgIpc) is 2.16. The molecule has 1 heteroatoms. The summed E-state index contributed by atoms with van der Waals surface area (Å²) < 4.78 is 0. The van der Waals surface area contributed by atoms with Crippen molar-refractivity contribution in [3.8, 4) is 0 Å². The van der Waals surface area contributed by atoms with E-state index in [9.17, 15) is 0 Å². The van der Waals surface area contributed by atoms with E-state index in [0.717, 1.165) is 11.6 Å². The van der Waals surface area contributed by atoms with Crippen LogP contribution in [-0.2, 0) is 0 Å². The van der Waals surface area contributed by atoms with Crippen LogP contribution in [-0.4, -0.2) is 0 Å². The molecule has 1 nitrogen and oxygen atoms in total. The molecule has 1 aliphatic carbocycles. The molecular weight excluding hydrogens is 146 g/mol. The van der Waals surface area contributed by atoms with E-state index in [1.54, 1.807) is 0 Å². The van der Waals surface area contributed by atoms with Crippen molar-refractivity contribution in [2.45, 2.75) is 39.0 Å². The van der Waals surface area contributed by atoms with Gasteiger partial charge in [-0.05, 0) is 31.8 Å². The van der Waals surface area contributed by atoms with Gasteiger partial charge in [-0.25, -0.2) is 0 Å². The second kappa shape index (κ2) is 5.02. The molecule has 1 rings (SSSR count). The van der Waals surface area contributed by atoms with Crippen molar-refractivity contribution >= 4 is 0 Å². The molecule has 0 aromatic heterocycles. The number of hydrogen-bond donors (Lipinski definition) is 1. The Labute approximate surface area is 75.3 Å². The minimum absolute atomic E-state index is 0.789. The number of allylic oxidation sites excluding steroid dienone is 3. The third-order valence-electron chi connectivity index (χ3n) is 2.54. The Kier molecular flexibility index (Phi) is 3.92. The van der Waals surface area contributed by atoms with E-state index in [1.165, 1.54) is 32.1 Å². The summed E-state index contributed by atoms with van der Waals surface area (Å²) in [6, 6.07) is 0. The average molecular weight is 165 g/mol. The van der Waals surface area contributed by atoms with Crippen molar-refractivity contribution in [3.63, 3.8) is 0 Å².